The summed E-state index contributed by atoms with van der Waals surface area (Å²) >= 11 is 0. The van der Waals surface area contributed by atoms with Gasteiger partial charge >= 0.3 is 0 Å². The molecule has 0 aliphatic carbocycles. The smallest absolute Gasteiger partial charge is 0.256 e. The van der Waals surface area contributed by atoms with E-state index >= 15 is 0 Å². The molecule has 1 N–H and O–H groups in total. The van der Waals surface area contributed by atoms with E-state index in [1.807, 2.05) is 4.90 Å². The van der Waals surface area contributed by atoms with Gasteiger partial charge in [0, 0.05) is 32.0 Å². The molecule has 3 rings (SSSR count). The summed E-state index contributed by atoms with van der Waals surface area (Å²) in [5.74, 6) is 0.176. The van der Waals surface area contributed by atoms with Crippen molar-refractivity contribution in [1.29, 1.82) is 0 Å². The van der Waals surface area contributed by atoms with Gasteiger partial charge < -0.3 is 10.2 Å². The summed E-state index contributed by atoms with van der Waals surface area (Å²) in [4.78, 5) is 22.3. The Morgan fingerprint density at radius 2 is 1.77 bits per heavy atom. The van der Waals surface area contributed by atoms with Crippen molar-refractivity contribution in [3.63, 3.8) is 0 Å². The Labute approximate surface area is 128 Å². The molecule has 2 heterocycles. The zero-order chi connectivity index (χ0) is 15.4. The standard InChI is InChI=1S/C16H17FN4O/c17-14-5-3-12(4-6-14)9-18-16-19-10-13(11-20-16)15(22)21-7-1-2-8-21/h3-6,10-11H,1-2,7-9H2,(H,18,19,20). The highest BCUT2D eigenvalue weighted by molar-refractivity contribution is 5.93. The van der Waals surface area contributed by atoms with Crippen molar-refractivity contribution < 1.29 is 9.18 Å². The van der Waals surface area contributed by atoms with E-state index in [0.29, 0.717) is 18.1 Å². The molecule has 1 saturated heterocycles. The minimum atomic E-state index is -0.259. The van der Waals surface area contributed by atoms with Gasteiger partial charge in [-0.05, 0) is 30.5 Å². The normalized spacial score (nSPS) is 14.1. The molecule has 0 spiro atoms. The zero-order valence-corrected chi connectivity index (χ0v) is 12.1. The number of amides is 1. The molecular weight excluding hydrogens is 283 g/mol. The molecule has 1 aromatic carbocycles. The van der Waals surface area contributed by atoms with Crippen LogP contribution in [0.4, 0.5) is 10.3 Å². The second-order valence-electron chi connectivity index (χ2n) is 5.27. The van der Waals surface area contributed by atoms with E-state index in [1.165, 1.54) is 12.1 Å². The number of benzene rings is 1. The first kappa shape index (κ1) is 14.4. The van der Waals surface area contributed by atoms with Crippen LogP contribution in [0.1, 0.15) is 28.8 Å². The molecule has 1 aliphatic rings. The number of carbonyl (C=O) groups excluding carboxylic acids is 1. The molecule has 22 heavy (non-hydrogen) atoms. The molecule has 0 radical (unpaired) electrons. The Bertz CT molecular complexity index is 636. The fraction of sp³-hybridized carbons (Fsp3) is 0.312. The van der Waals surface area contributed by atoms with E-state index in [1.54, 1.807) is 24.5 Å². The zero-order valence-electron chi connectivity index (χ0n) is 12.1. The lowest BCUT2D eigenvalue weighted by Gasteiger charge is -2.14. The van der Waals surface area contributed by atoms with Crippen molar-refractivity contribution in [1.82, 2.24) is 14.9 Å². The first-order valence-electron chi connectivity index (χ1n) is 7.32. The minimum Gasteiger partial charge on any atom is -0.350 e. The van der Waals surface area contributed by atoms with Gasteiger partial charge in [-0.15, -0.1) is 0 Å². The van der Waals surface area contributed by atoms with E-state index in [4.69, 9.17) is 0 Å². The number of rotatable bonds is 4. The third-order valence-corrected chi connectivity index (χ3v) is 3.66. The Balaban J connectivity index is 1.59. The first-order valence-corrected chi connectivity index (χ1v) is 7.32. The van der Waals surface area contributed by atoms with Crippen molar-refractivity contribution in [3.8, 4) is 0 Å². The van der Waals surface area contributed by atoms with Crippen LogP contribution in [-0.2, 0) is 6.54 Å². The maximum Gasteiger partial charge on any atom is 0.256 e. The Kier molecular flexibility index (Phi) is 4.27. The number of hydrogen-bond donors (Lipinski definition) is 1. The molecule has 114 valence electrons. The fourth-order valence-corrected chi connectivity index (χ4v) is 2.42. The van der Waals surface area contributed by atoms with Crippen LogP contribution in [0.2, 0.25) is 0 Å². The maximum absolute atomic E-state index is 12.8. The molecule has 0 unspecified atom stereocenters. The Hall–Kier alpha value is -2.50. The van der Waals surface area contributed by atoms with Gasteiger partial charge in [0.25, 0.3) is 5.91 Å². The topological polar surface area (TPSA) is 58.1 Å². The highest BCUT2D eigenvalue weighted by Crippen LogP contribution is 2.12. The van der Waals surface area contributed by atoms with Gasteiger partial charge in [0.1, 0.15) is 5.82 Å². The third kappa shape index (κ3) is 3.39. The lowest BCUT2D eigenvalue weighted by atomic mass is 10.2. The molecule has 0 bridgehead atoms. The van der Waals surface area contributed by atoms with Gasteiger partial charge in [0.15, 0.2) is 0 Å². The molecule has 5 nitrogen and oxygen atoms in total. The van der Waals surface area contributed by atoms with E-state index in [9.17, 15) is 9.18 Å². The van der Waals surface area contributed by atoms with Gasteiger partial charge in [-0.1, -0.05) is 12.1 Å². The maximum atomic E-state index is 12.8. The summed E-state index contributed by atoms with van der Waals surface area (Å²) in [7, 11) is 0. The molecule has 1 fully saturated rings. The summed E-state index contributed by atoms with van der Waals surface area (Å²) in [6.07, 6.45) is 5.20. The Morgan fingerprint density at radius 1 is 1.14 bits per heavy atom. The van der Waals surface area contributed by atoms with Gasteiger partial charge in [-0.25, -0.2) is 14.4 Å². The fourth-order valence-electron chi connectivity index (χ4n) is 2.42. The summed E-state index contributed by atoms with van der Waals surface area (Å²) < 4.78 is 12.8. The molecule has 1 amide bonds. The number of hydrogen-bond acceptors (Lipinski definition) is 4. The molecule has 0 saturated carbocycles. The van der Waals surface area contributed by atoms with E-state index < -0.39 is 0 Å². The van der Waals surface area contributed by atoms with Crippen molar-refractivity contribution in [2.24, 2.45) is 0 Å². The molecule has 6 heteroatoms. The van der Waals surface area contributed by atoms with Crippen molar-refractivity contribution in [3.05, 3.63) is 53.6 Å². The van der Waals surface area contributed by atoms with Crippen molar-refractivity contribution >= 4 is 11.9 Å². The van der Waals surface area contributed by atoms with E-state index in [-0.39, 0.29) is 11.7 Å². The number of halogens is 1. The lowest BCUT2D eigenvalue weighted by Crippen LogP contribution is -2.27. The largest absolute Gasteiger partial charge is 0.350 e. The predicted octanol–water partition coefficient (Wildman–Crippen LogP) is 2.46. The van der Waals surface area contributed by atoms with Crippen LogP contribution in [0, 0.1) is 5.82 Å². The minimum absolute atomic E-state index is 0.0115. The van der Waals surface area contributed by atoms with Crippen LogP contribution < -0.4 is 5.32 Å². The second-order valence-corrected chi connectivity index (χ2v) is 5.27. The van der Waals surface area contributed by atoms with Crippen LogP contribution in [0.15, 0.2) is 36.7 Å². The summed E-state index contributed by atoms with van der Waals surface area (Å²) in [6, 6.07) is 6.23. The highest BCUT2D eigenvalue weighted by Gasteiger charge is 2.19. The highest BCUT2D eigenvalue weighted by atomic mass is 19.1. The number of likely N-dealkylation sites (tertiary alicyclic amines) is 1. The van der Waals surface area contributed by atoms with Gasteiger partial charge in [0.05, 0.1) is 5.56 Å². The van der Waals surface area contributed by atoms with Crippen LogP contribution in [0.5, 0.6) is 0 Å². The van der Waals surface area contributed by atoms with Crippen LogP contribution in [0.3, 0.4) is 0 Å². The number of nitrogens with one attached hydrogen (secondary N) is 1. The summed E-state index contributed by atoms with van der Waals surface area (Å²) in [6.45, 7) is 2.12. The third-order valence-electron chi connectivity index (χ3n) is 3.66. The molecule has 2 aromatic rings. The van der Waals surface area contributed by atoms with Crippen LogP contribution in [0.25, 0.3) is 0 Å². The lowest BCUT2D eigenvalue weighted by molar-refractivity contribution is 0.0792. The first-order chi connectivity index (χ1) is 10.7. The van der Waals surface area contributed by atoms with Gasteiger partial charge in [-0.3, -0.25) is 4.79 Å². The van der Waals surface area contributed by atoms with E-state index in [2.05, 4.69) is 15.3 Å². The van der Waals surface area contributed by atoms with Crippen molar-refractivity contribution in [2.75, 3.05) is 18.4 Å². The summed E-state index contributed by atoms with van der Waals surface area (Å²) in [5, 5.41) is 3.05. The number of carbonyl (C=O) groups is 1. The van der Waals surface area contributed by atoms with Crippen LogP contribution >= 0.6 is 0 Å². The monoisotopic (exact) mass is 300 g/mol. The molecule has 1 aliphatic heterocycles. The quantitative estimate of drug-likeness (QED) is 0.942. The van der Waals surface area contributed by atoms with E-state index in [0.717, 1.165) is 31.5 Å². The molecule has 0 atom stereocenters. The molecular formula is C16H17FN4O. The number of aromatic nitrogens is 2. The SMILES string of the molecule is O=C(c1cnc(NCc2ccc(F)cc2)nc1)N1CCCC1. The number of anilines is 1. The van der Waals surface area contributed by atoms with Gasteiger partial charge in [0.2, 0.25) is 5.95 Å². The predicted molar refractivity (Wildman–Crippen MR) is 80.9 cm³/mol. The number of nitrogens with zero attached hydrogens (tertiary/aromatic N) is 3. The Morgan fingerprint density at radius 3 is 2.41 bits per heavy atom. The van der Waals surface area contributed by atoms with Crippen molar-refractivity contribution in [2.45, 2.75) is 19.4 Å². The average molecular weight is 300 g/mol. The van der Waals surface area contributed by atoms with Gasteiger partial charge in [-0.2, -0.15) is 0 Å². The average Bonchev–Trinajstić information content (AvgIpc) is 3.09. The summed E-state index contributed by atoms with van der Waals surface area (Å²) in [5.41, 5.74) is 1.44. The second kappa shape index (κ2) is 6.51. The van der Waals surface area contributed by atoms with Crippen LogP contribution in [-0.4, -0.2) is 33.9 Å². The molecule has 1 aromatic heterocycles.